The highest BCUT2D eigenvalue weighted by Crippen LogP contribution is 2.59. The predicted octanol–water partition coefficient (Wildman–Crippen LogP) is 4.74. The monoisotopic (exact) mass is 285 g/mol. The van der Waals surface area contributed by atoms with Gasteiger partial charge >= 0.3 is 0 Å². The molecule has 0 radical (unpaired) electrons. The molecule has 0 saturated carbocycles. The summed E-state index contributed by atoms with van der Waals surface area (Å²) in [6, 6.07) is 8.84. The maximum atomic E-state index is 3.99. The molecule has 0 bridgehead atoms. The molecule has 0 aliphatic carbocycles. The number of nitrogens with zero attached hydrogens (tertiary/aromatic N) is 1. The summed E-state index contributed by atoms with van der Waals surface area (Å²) >= 11 is 0. The van der Waals surface area contributed by atoms with Gasteiger partial charge in [-0.25, -0.2) is 0 Å². The van der Waals surface area contributed by atoms with Crippen LogP contribution in [0.1, 0.15) is 12.5 Å². The lowest BCUT2D eigenvalue weighted by Gasteiger charge is -2.52. The van der Waals surface area contributed by atoms with Gasteiger partial charge in [0, 0.05) is 0 Å². The lowest BCUT2D eigenvalue weighted by atomic mass is 10.1. The van der Waals surface area contributed by atoms with Crippen LogP contribution in [0, 0.1) is 0 Å². The molecular formula is C15H27NS2. The summed E-state index contributed by atoms with van der Waals surface area (Å²) in [5.41, 5.74) is 3.69. The Morgan fingerprint density at radius 3 is 1.56 bits per heavy atom. The third kappa shape index (κ3) is 3.72. The van der Waals surface area contributed by atoms with E-state index in [-0.39, 0.29) is 0 Å². The molecule has 18 heavy (non-hydrogen) atoms. The number of hydrogen-bond donors (Lipinski definition) is 0. The van der Waals surface area contributed by atoms with Gasteiger partial charge in [0.2, 0.25) is 0 Å². The fraction of sp³-hybridized carbons (Fsp3) is 0.467. The van der Waals surface area contributed by atoms with Gasteiger partial charge in [0.05, 0.1) is 5.69 Å². The van der Waals surface area contributed by atoms with Crippen molar-refractivity contribution in [1.82, 2.24) is 0 Å². The summed E-state index contributed by atoms with van der Waals surface area (Å²) in [7, 11) is -1.52. The van der Waals surface area contributed by atoms with E-state index in [9.17, 15) is 0 Å². The van der Waals surface area contributed by atoms with E-state index >= 15 is 0 Å². The molecule has 0 spiro atoms. The van der Waals surface area contributed by atoms with Crippen molar-refractivity contribution in [2.45, 2.75) is 6.92 Å². The molecule has 1 aromatic carbocycles. The third-order valence-corrected chi connectivity index (χ3v) is 7.66. The van der Waals surface area contributed by atoms with Crippen LogP contribution in [0.2, 0.25) is 0 Å². The first-order valence-electron chi connectivity index (χ1n) is 5.96. The smallest absolute Gasteiger partial charge is 0.0558 e. The maximum absolute atomic E-state index is 3.99. The zero-order chi connectivity index (χ0) is 14.1. The Morgan fingerprint density at radius 1 is 0.889 bits per heavy atom. The van der Waals surface area contributed by atoms with Crippen LogP contribution in [-0.2, 0) is 0 Å². The van der Waals surface area contributed by atoms with Crippen molar-refractivity contribution in [3.63, 3.8) is 0 Å². The Morgan fingerprint density at radius 2 is 1.28 bits per heavy atom. The SMILES string of the molecule is C=C(C)c1ccc(N(S(C)(C)C)S(C)(C)C)cc1. The van der Waals surface area contributed by atoms with E-state index in [1.54, 1.807) is 0 Å². The van der Waals surface area contributed by atoms with Crippen LogP contribution < -0.4 is 3.71 Å². The van der Waals surface area contributed by atoms with Gasteiger partial charge in [0.1, 0.15) is 0 Å². The second-order valence-corrected chi connectivity index (χ2v) is 14.2. The van der Waals surface area contributed by atoms with E-state index in [1.807, 2.05) is 0 Å². The Labute approximate surface area is 116 Å². The quantitative estimate of drug-likeness (QED) is 0.772. The highest BCUT2D eigenvalue weighted by atomic mass is 32.3. The zero-order valence-electron chi connectivity index (χ0n) is 12.8. The number of benzene rings is 1. The Hall–Kier alpha value is -0.540. The average molecular weight is 286 g/mol. The molecule has 0 aliphatic rings. The zero-order valence-corrected chi connectivity index (χ0v) is 14.4. The normalized spacial score (nSPS) is 14.2. The standard InChI is InChI=1S/C15H27NS2/c1-13(2)14-9-11-15(12-10-14)16(17(3,4)5)18(6,7)8/h9-12H,1H2,2-8H3. The largest absolute Gasteiger partial charge is 0.298 e. The first-order chi connectivity index (χ1) is 8.03. The van der Waals surface area contributed by atoms with E-state index in [0.29, 0.717) is 0 Å². The van der Waals surface area contributed by atoms with Crippen molar-refractivity contribution in [2.75, 3.05) is 41.2 Å². The molecule has 3 heteroatoms. The van der Waals surface area contributed by atoms with E-state index in [1.165, 1.54) is 11.3 Å². The van der Waals surface area contributed by atoms with Gasteiger partial charge < -0.3 is 0 Å². The highest BCUT2D eigenvalue weighted by molar-refractivity contribution is 8.49. The van der Waals surface area contributed by atoms with Gasteiger partial charge in [-0.2, -0.15) is 20.4 Å². The van der Waals surface area contributed by atoms with Gasteiger partial charge in [0.15, 0.2) is 0 Å². The molecule has 1 rings (SSSR count). The van der Waals surface area contributed by atoms with Gasteiger partial charge in [-0.05, 0) is 62.2 Å². The molecule has 0 atom stereocenters. The van der Waals surface area contributed by atoms with Crippen LogP contribution in [0.3, 0.4) is 0 Å². The second-order valence-electron chi connectivity index (χ2n) is 6.13. The van der Waals surface area contributed by atoms with E-state index in [2.05, 4.69) is 79.0 Å². The van der Waals surface area contributed by atoms with Gasteiger partial charge in [0.25, 0.3) is 0 Å². The highest BCUT2D eigenvalue weighted by Gasteiger charge is 2.25. The average Bonchev–Trinajstić information content (AvgIpc) is 2.13. The summed E-state index contributed by atoms with van der Waals surface area (Å²) in [6.07, 6.45) is 14.2. The summed E-state index contributed by atoms with van der Waals surface area (Å²) in [4.78, 5) is 0. The van der Waals surface area contributed by atoms with Crippen LogP contribution in [0.15, 0.2) is 30.8 Å². The van der Waals surface area contributed by atoms with E-state index in [4.69, 9.17) is 0 Å². The van der Waals surface area contributed by atoms with Gasteiger partial charge in [-0.15, -0.1) is 0 Å². The fourth-order valence-corrected chi connectivity index (χ4v) is 9.05. The van der Waals surface area contributed by atoms with Gasteiger partial charge in [-0.3, -0.25) is 3.71 Å². The minimum atomic E-state index is -0.761. The fourth-order valence-electron chi connectivity index (χ4n) is 2.17. The summed E-state index contributed by atoms with van der Waals surface area (Å²) < 4.78 is 2.63. The lowest BCUT2D eigenvalue weighted by molar-refractivity contribution is 1.51. The molecule has 104 valence electrons. The summed E-state index contributed by atoms with van der Waals surface area (Å²) in [6.45, 7) is 6.05. The van der Waals surface area contributed by atoms with Gasteiger partial charge in [-0.1, -0.05) is 24.3 Å². The molecule has 0 aromatic heterocycles. The van der Waals surface area contributed by atoms with E-state index in [0.717, 1.165) is 5.57 Å². The van der Waals surface area contributed by atoms with Crippen molar-refractivity contribution in [1.29, 1.82) is 0 Å². The molecule has 0 saturated heterocycles. The lowest BCUT2D eigenvalue weighted by Crippen LogP contribution is -2.28. The molecule has 1 nitrogen and oxygen atoms in total. The van der Waals surface area contributed by atoms with Crippen molar-refractivity contribution < 1.29 is 0 Å². The molecule has 0 unspecified atom stereocenters. The first-order valence-corrected chi connectivity index (χ1v) is 11.6. The van der Waals surface area contributed by atoms with Crippen LogP contribution in [0.25, 0.3) is 5.57 Å². The topological polar surface area (TPSA) is 3.24 Å². The number of hydrogen-bond acceptors (Lipinski definition) is 1. The number of allylic oxidation sites excluding steroid dienone is 1. The van der Waals surface area contributed by atoms with Crippen LogP contribution in [0.4, 0.5) is 5.69 Å². The number of anilines is 1. The van der Waals surface area contributed by atoms with Crippen LogP contribution in [-0.4, -0.2) is 37.5 Å². The molecule has 0 amide bonds. The van der Waals surface area contributed by atoms with E-state index < -0.39 is 20.4 Å². The summed E-state index contributed by atoms with van der Waals surface area (Å²) in [5.74, 6) is 0. The number of rotatable bonds is 4. The van der Waals surface area contributed by atoms with Crippen LogP contribution >= 0.6 is 20.4 Å². The molecular weight excluding hydrogens is 258 g/mol. The molecule has 0 fully saturated rings. The van der Waals surface area contributed by atoms with Crippen molar-refractivity contribution in [3.8, 4) is 0 Å². The minimum absolute atomic E-state index is 0.761. The van der Waals surface area contributed by atoms with Crippen molar-refractivity contribution in [2.24, 2.45) is 0 Å². The van der Waals surface area contributed by atoms with Crippen LogP contribution in [0.5, 0.6) is 0 Å². The minimum Gasteiger partial charge on any atom is -0.298 e. The first kappa shape index (κ1) is 15.5. The third-order valence-electron chi connectivity index (χ3n) is 2.57. The predicted molar refractivity (Wildman–Crippen MR) is 94.4 cm³/mol. The maximum Gasteiger partial charge on any atom is 0.0558 e. The van der Waals surface area contributed by atoms with Crippen molar-refractivity contribution in [3.05, 3.63) is 36.4 Å². The van der Waals surface area contributed by atoms with Crippen molar-refractivity contribution >= 4 is 31.7 Å². The Bertz CT molecular complexity index is 407. The second kappa shape index (κ2) is 5.22. The molecule has 0 N–H and O–H groups in total. The molecule has 0 aliphatic heterocycles. The molecule has 0 heterocycles. The Kier molecular flexibility index (Phi) is 4.50. The summed E-state index contributed by atoms with van der Waals surface area (Å²) in [5, 5.41) is 0. The Balaban J connectivity index is 3.20. The molecule has 1 aromatic rings.